The third kappa shape index (κ3) is 2.98. The van der Waals surface area contributed by atoms with E-state index >= 15 is 0 Å². The minimum atomic E-state index is -0.940. The van der Waals surface area contributed by atoms with Gasteiger partial charge in [-0.05, 0) is 12.1 Å². The highest BCUT2D eigenvalue weighted by atomic mass is 35.5. The van der Waals surface area contributed by atoms with Crippen LogP contribution in [0.4, 0.5) is 0 Å². The molecular formula is C14H11Cl3O2. The molecule has 0 aliphatic heterocycles. The number of ether oxygens (including phenoxy) is 1. The van der Waals surface area contributed by atoms with Crippen LogP contribution in [-0.4, -0.2) is 12.2 Å². The number of rotatable bonds is 3. The first-order valence-electron chi connectivity index (χ1n) is 5.50. The molecule has 2 aromatic rings. The van der Waals surface area contributed by atoms with E-state index in [1.54, 1.807) is 36.4 Å². The Labute approximate surface area is 126 Å². The fourth-order valence-electron chi connectivity index (χ4n) is 1.77. The van der Waals surface area contributed by atoms with E-state index in [1.165, 1.54) is 7.11 Å². The zero-order valence-corrected chi connectivity index (χ0v) is 12.3. The Balaban J connectivity index is 2.48. The lowest BCUT2D eigenvalue weighted by atomic mass is 10.0. The van der Waals surface area contributed by atoms with Gasteiger partial charge in [-0.25, -0.2) is 0 Å². The van der Waals surface area contributed by atoms with E-state index in [1.807, 2.05) is 0 Å². The Bertz CT molecular complexity index is 599. The van der Waals surface area contributed by atoms with Crippen molar-refractivity contribution < 1.29 is 9.84 Å². The number of hydrogen-bond donors (Lipinski definition) is 1. The Kier molecular flexibility index (Phi) is 4.58. The number of aliphatic hydroxyl groups is 1. The molecule has 1 N–H and O–H groups in total. The highest BCUT2D eigenvalue weighted by molar-refractivity contribution is 6.35. The first-order chi connectivity index (χ1) is 9.04. The number of hydrogen-bond acceptors (Lipinski definition) is 2. The smallest absolute Gasteiger partial charge is 0.138 e. The quantitative estimate of drug-likeness (QED) is 0.886. The van der Waals surface area contributed by atoms with Crippen molar-refractivity contribution in [2.24, 2.45) is 0 Å². The van der Waals surface area contributed by atoms with Crippen LogP contribution < -0.4 is 4.74 Å². The van der Waals surface area contributed by atoms with Crippen LogP contribution in [0.5, 0.6) is 5.75 Å². The molecule has 100 valence electrons. The lowest BCUT2D eigenvalue weighted by Crippen LogP contribution is -2.02. The van der Waals surface area contributed by atoms with Gasteiger partial charge in [-0.3, -0.25) is 0 Å². The van der Waals surface area contributed by atoms with Crippen molar-refractivity contribution in [3.05, 3.63) is 62.6 Å². The number of aliphatic hydroxyl groups excluding tert-OH is 1. The van der Waals surface area contributed by atoms with Crippen molar-refractivity contribution in [3.8, 4) is 5.75 Å². The zero-order valence-electron chi connectivity index (χ0n) is 10.0. The topological polar surface area (TPSA) is 29.5 Å². The SMILES string of the molecule is COc1cc(Cl)c(C(O)c2ccccc2Cl)cc1Cl. The number of methoxy groups -OCH3 is 1. The average Bonchev–Trinajstić information content (AvgIpc) is 2.40. The minimum absolute atomic E-state index is 0.369. The molecule has 0 amide bonds. The molecule has 5 heteroatoms. The molecule has 0 saturated carbocycles. The first-order valence-corrected chi connectivity index (χ1v) is 6.63. The first kappa shape index (κ1) is 14.5. The third-order valence-corrected chi connectivity index (χ3v) is 3.73. The van der Waals surface area contributed by atoms with Gasteiger partial charge in [0.2, 0.25) is 0 Å². The largest absolute Gasteiger partial charge is 0.495 e. The van der Waals surface area contributed by atoms with Crippen molar-refractivity contribution >= 4 is 34.8 Å². The summed E-state index contributed by atoms with van der Waals surface area (Å²) in [5.41, 5.74) is 1.06. The summed E-state index contributed by atoms with van der Waals surface area (Å²) in [6, 6.07) is 10.2. The second kappa shape index (κ2) is 6.02. The molecule has 1 atom stereocenters. The summed E-state index contributed by atoms with van der Waals surface area (Å²) in [5, 5.41) is 11.6. The molecule has 0 spiro atoms. The van der Waals surface area contributed by atoms with Crippen molar-refractivity contribution in [1.29, 1.82) is 0 Å². The van der Waals surface area contributed by atoms with Gasteiger partial charge in [0.1, 0.15) is 11.9 Å². The van der Waals surface area contributed by atoms with Crippen molar-refractivity contribution in [3.63, 3.8) is 0 Å². The fraction of sp³-hybridized carbons (Fsp3) is 0.143. The van der Waals surface area contributed by atoms with E-state index in [2.05, 4.69) is 0 Å². The maximum atomic E-state index is 10.4. The lowest BCUT2D eigenvalue weighted by Gasteiger charge is -2.16. The summed E-state index contributed by atoms with van der Waals surface area (Å²) in [5.74, 6) is 0.460. The van der Waals surface area contributed by atoms with Crippen LogP contribution >= 0.6 is 34.8 Å². The summed E-state index contributed by atoms with van der Waals surface area (Å²) in [6.45, 7) is 0. The Hall–Kier alpha value is -0.930. The molecule has 0 aliphatic carbocycles. The van der Waals surface area contributed by atoms with E-state index in [9.17, 15) is 5.11 Å². The average molecular weight is 318 g/mol. The molecule has 0 bridgehead atoms. The molecule has 0 aromatic heterocycles. The van der Waals surface area contributed by atoms with Gasteiger partial charge < -0.3 is 9.84 Å². The van der Waals surface area contributed by atoms with E-state index in [4.69, 9.17) is 39.5 Å². The Morgan fingerprint density at radius 1 is 0.947 bits per heavy atom. The normalized spacial score (nSPS) is 12.3. The van der Waals surface area contributed by atoms with Crippen LogP contribution in [0.1, 0.15) is 17.2 Å². The van der Waals surface area contributed by atoms with E-state index in [0.29, 0.717) is 31.9 Å². The van der Waals surface area contributed by atoms with Gasteiger partial charge in [-0.2, -0.15) is 0 Å². The summed E-state index contributed by atoms with van der Waals surface area (Å²) < 4.78 is 5.07. The van der Waals surface area contributed by atoms with Crippen molar-refractivity contribution in [2.75, 3.05) is 7.11 Å². The molecule has 2 aromatic carbocycles. The van der Waals surface area contributed by atoms with Gasteiger partial charge in [-0.15, -0.1) is 0 Å². The predicted octanol–water partition coefficient (Wildman–Crippen LogP) is 4.74. The molecular weight excluding hydrogens is 307 g/mol. The van der Waals surface area contributed by atoms with Crippen LogP contribution in [0.2, 0.25) is 15.1 Å². The van der Waals surface area contributed by atoms with Gasteiger partial charge in [-0.1, -0.05) is 53.0 Å². The molecule has 0 radical (unpaired) electrons. The molecule has 2 rings (SSSR count). The van der Waals surface area contributed by atoms with Crippen LogP contribution in [0.3, 0.4) is 0 Å². The van der Waals surface area contributed by atoms with Crippen LogP contribution in [-0.2, 0) is 0 Å². The number of halogens is 3. The second-order valence-corrected chi connectivity index (χ2v) is 5.15. The maximum absolute atomic E-state index is 10.4. The summed E-state index contributed by atoms with van der Waals surface area (Å²) in [6.07, 6.45) is -0.940. The van der Waals surface area contributed by atoms with Gasteiger partial charge in [0.15, 0.2) is 0 Å². The van der Waals surface area contributed by atoms with Gasteiger partial charge in [0.05, 0.1) is 17.2 Å². The van der Waals surface area contributed by atoms with Crippen molar-refractivity contribution in [1.82, 2.24) is 0 Å². The standard InChI is InChI=1S/C14H11Cl3O2/c1-19-13-7-11(16)9(6-12(13)17)14(18)8-4-2-3-5-10(8)15/h2-7,14,18H,1H3. The van der Waals surface area contributed by atoms with Crippen LogP contribution in [0.25, 0.3) is 0 Å². The fourth-order valence-corrected chi connectivity index (χ4v) is 2.52. The highest BCUT2D eigenvalue weighted by Gasteiger charge is 2.18. The second-order valence-electron chi connectivity index (χ2n) is 3.93. The van der Waals surface area contributed by atoms with Gasteiger partial charge >= 0.3 is 0 Å². The van der Waals surface area contributed by atoms with Crippen LogP contribution in [0.15, 0.2) is 36.4 Å². The van der Waals surface area contributed by atoms with Crippen LogP contribution in [0, 0.1) is 0 Å². The zero-order chi connectivity index (χ0) is 14.0. The lowest BCUT2D eigenvalue weighted by molar-refractivity contribution is 0.220. The van der Waals surface area contributed by atoms with Crippen molar-refractivity contribution in [2.45, 2.75) is 6.10 Å². The third-order valence-electron chi connectivity index (χ3n) is 2.77. The number of benzene rings is 2. The predicted molar refractivity (Wildman–Crippen MR) is 78.5 cm³/mol. The molecule has 0 saturated heterocycles. The monoisotopic (exact) mass is 316 g/mol. The molecule has 19 heavy (non-hydrogen) atoms. The van der Waals surface area contributed by atoms with E-state index in [0.717, 1.165) is 0 Å². The Morgan fingerprint density at radius 2 is 1.63 bits per heavy atom. The van der Waals surface area contributed by atoms with E-state index < -0.39 is 6.10 Å². The minimum Gasteiger partial charge on any atom is -0.495 e. The Morgan fingerprint density at radius 3 is 2.26 bits per heavy atom. The van der Waals surface area contributed by atoms with Gasteiger partial charge in [0.25, 0.3) is 0 Å². The van der Waals surface area contributed by atoms with E-state index in [-0.39, 0.29) is 0 Å². The molecule has 0 aliphatic rings. The molecule has 1 unspecified atom stereocenters. The summed E-state index contributed by atoms with van der Waals surface area (Å²) >= 11 is 18.2. The van der Waals surface area contributed by atoms with Gasteiger partial charge in [0, 0.05) is 22.2 Å². The molecule has 2 nitrogen and oxygen atoms in total. The highest BCUT2D eigenvalue weighted by Crippen LogP contribution is 2.37. The molecule has 0 fully saturated rings. The molecule has 0 heterocycles. The summed E-state index contributed by atoms with van der Waals surface area (Å²) in [4.78, 5) is 0. The maximum Gasteiger partial charge on any atom is 0.138 e. The summed E-state index contributed by atoms with van der Waals surface area (Å²) in [7, 11) is 1.50.